The van der Waals surface area contributed by atoms with Crippen LogP contribution >= 0.6 is 0 Å². The highest BCUT2D eigenvalue weighted by atomic mass is 16.3. The van der Waals surface area contributed by atoms with E-state index in [-0.39, 0.29) is 5.91 Å². The van der Waals surface area contributed by atoms with Gasteiger partial charge in [-0.2, -0.15) is 0 Å². The van der Waals surface area contributed by atoms with Crippen LogP contribution in [-0.2, 0) is 0 Å². The SMILES string of the molecule is Cc1nc(-c2ccco2)ccc1C(=O)NCCC(C)O. The van der Waals surface area contributed by atoms with Gasteiger partial charge in [0, 0.05) is 6.54 Å². The van der Waals surface area contributed by atoms with Crippen LogP contribution in [0.5, 0.6) is 0 Å². The van der Waals surface area contributed by atoms with Gasteiger partial charge in [-0.05, 0) is 44.5 Å². The number of carbonyl (C=O) groups excluding carboxylic acids is 1. The molecular formula is C15H18N2O3. The molecule has 0 aliphatic rings. The van der Waals surface area contributed by atoms with E-state index in [0.717, 1.165) is 0 Å². The van der Waals surface area contributed by atoms with Gasteiger partial charge in [0.25, 0.3) is 5.91 Å². The number of carbonyl (C=O) groups is 1. The molecule has 5 heteroatoms. The summed E-state index contributed by atoms with van der Waals surface area (Å²) < 4.78 is 5.28. The number of rotatable bonds is 5. The van der Waals surface area contributed by atoms with Crippen LogP contribution in [0.3, 0.4) is 0 Å². The first-order valence-electron chi connectivity index (χ1n) is 6.55. The predicted octanol–water partition coefficient (Wildman–Crippen LogP) is 2.15. The minimum Gasteiger partial charge on any atom is -0.463 e. The molecule has 1 amide bonds. The molecular weight excluding hydrogens is 256 g/mol. The summed E-state index contributed by atoms with van der Waals surface area (Å²) in [5, 5.41) is 11.9. The molecule has 0 bridgehead atoms. The lowest BCUT2D eigenvalue weighted by Crippen LogP contribution is -2.27. The molecule has 20 heavy (non-hydrogen) atoms. The largest absolute Gasteiger partial charge is 0.463 e. The molecule has 2 heterocycles. The van der Waals surface area contributed by atoms with E-state index < -0.39 is 6.10 Å². The zero-order valence-electron chi connectivity index (χ0n) is 11.6. The number of aryl methyl sites for hydroxylation is 1. The molecule has 0 aliphatic heterocycles. The van der Waals surface area contributed by atoms with Crippen LogP contribution in [0.1, 0.15) is 29.4 Å². The fourth-order valence-electron chi connectivity index (χ4n) is 1.85. The third-order valence-corrected chi connectivity index (χ3v) is 2.95. The molecule has 1 atom stereocenters. The highest BCUT2D eigenvalue weighted by molar-refractivity contribution is 5.95. The fraction of sp³-hybridized carbons (Fsp3) is 0.333. The molecule has 0 saturated carbocycles. The quantitative estimate of drug-likeness (QED) is 0.876. The highest BCUT2D eigenvalue weighted by Gasteiger charge is 2.12. The van der Waals surface area contributed by atoms with E-state index in [1.54, 1.807) is 38.3 Å². The van der Waals surface area contributed by atoms with Crippen LogP contribution in [0, 0.1) is 6.92 Å². The Kier molecular flexibility index (Phi) is 4.53. The van der Waals surface area contributed by atoms with Crippen molar-refractivity contribution in [3.63, 3.8) is 0 Å². The van der Waals surface area contributed by atoms with Gasteiger partial charge >= 0.3 is 0 Å². The third-order valence-electron chi connectivity index (χ3n) is 2.95. The van der Waals surface area contributed by atoms with Gasteiger partial charge in [0.05, 0.1) is 23.6 Å². The van der Waals surface area contributed by atoms with Gasteiger partial charge in [0.1, 0.15) is 5.69 Å². The maximum Gasteiger partial charge on any atom is 0.253 e. The minimum atomic E-state index is -0.421. The molecule has 2 aromatic rings. The topological polar surface area (TPSA) is 75.4 Å². The van der Waals surface area contributed by atoms with Crippen molar-refractivity contribution < 1.29 is 14.3 Å². The number of nitrogens with zero attached hydrogens (tertiary/aromatic N) is 1. The molecule has 0 aliphatic carbocycles. The van der Waals surface area contributed by atoms with Crippen LogP contribution in [0.4, 0.5) is 0 Å². The molecule has 2 rings (SSSR count). The van der Waals surface area contributed by atoms with Gasteiger partial charge in [-0.15, -0.1) is 0 Å². The second kappa shape index (κ2) is 6.34. The van der Waals surface area contributed by atoms with Gasteiger partial charge in [-0.3, -0.25) is 4.79 Å². The number of hydrogen-bond acceptors (Lipinski definition) is 4. The lowest BCUT2D eigenvalue weighted by molar-refractivity contribution is 0.0944. The zero-order valence-corrected chi connectivity index (χ0v) is 11.6. The van der Waals surface area contributed by atoms with E-state index in [4.69, 9.17) is 9.52 Å². The summed E-state index contributed by atoms with van der Waals surface area (Å²) in [6.45, 7) is 3.92. The Morgan fingerprint density at radius 3 is 2.85 bits per heavy atom. The van der Waals surface area contributed by atoms with Crippen molar-refractivity contribution >= 4 is 5.91 Å². The third kappa shape index (κ3) is 3.45. The van der Waals surface area contributed by atoms with Gasteiger partial charge in [-0.1, -0.05) is 0 Å². The maximum atomic E-state index is 12.0. The summed E-state index contributed by atoms with van der Waals surface area (Å²) in [4.78, 5) is 16.4. The number of hydrogen-bond donors (Lipinski definition) is 2. The Labute approximate surface area is 117 Å². The van der Waals surface area contributed by atoms with Gasteiger partial charge in [-0.25, -0.2) is 4.98 Å². The summed E-state index contributed by atoms with van der Waals surface area (Å²) in [5.74, 6) is 0.496. The molecule has 1 unspecified atom stereocenters. The summed E-state index contributed by atoms with van der Waals surface area (Å²) >= 11 is 0. The van der Waals surface area contributed by atoms with E-state index in [1.165, 1.54) is 0 Å². The van der Waals surface area contributed by atoms with Crippen molar-refractivity contribution in [1.82, 2.24) is 10.3 Å². The first kappa shape index (κ1) is 14.3. The number of aliphatic hydroxyl groups is 1. The number of aromatic nitrogens is 1. The molecule has 5 nitrogen and oxygen atoms in total. The molecule has 106 valence electrons. The van der Waals surface area contributed by atoms with Gasteiger partial charge < -0.3 is 14.8 Å². The molecule has 0 aromatic carbocycles. The Bertz CT molecular complexity index is 577. The first-order chi connectivity index (χ1) is 9.58. The Morgan fingerprint density at radius 1 is 1.45 bits per heavy atom. The van der Waals surface area contributed by atoms with Crippen LogP contribution in [0.15, 0.2) is 34.9 Å². The van der Waals surface area contributed by atoms with Crippen molar-refractivity contribution in [1.29, 1.82) is 0 Å². The standard InChI is InChI=1S/C15H18N2O3/c1-10(18)7-8-16-15(19)12-5-6-13(17-11(12)2)14-4-3-9-20-14/h3-6,9-10,18H,7-8H2,1-2H3,(H,16,19). The molecule has 2 N–H and O–H groups in total. The summed E-state index contributed by atoms with van der Waals surface area (Å²) in [6, 6.07) is 7.11. The normalized spacial score (nSPS) is 12.2. The van der Waals surface area contributed by atoms with Crippen molar-refractivity contribution in [2.75, 3.05) is 6.54 Å². The van der Waals surface area contributed by atoms with Crippen LogP contribution in [-0.4, -0.2) is 28.6 Å². The molecule has 0 fully saturated rings. The zero-order chi connectivity index (χ0) is 14.5. The van der Waals surface area contributed by atoms with E-state index in [0.29, 0.717) is 35.7 Å². The van der Waals surface area contributed by atoms with Crippen LogP contribution in [0.2, 0.25) is 0 Å². The monoisotopic (exact) mass is 274 g/mol. The van der Waals surface area contributed by atoms with Crippen molar-refractivity contribution in [3.05, 3.63) is 41.8 Å². The summed E-state index contributed by atoms with van der Waals surface area (Å²) in [7, 11) is 0. The maximum absolute atomic E-state index is 12.0. The average Bonchev–Trinajstić information content (AvgIpc) is 2.91. The van der Waals surface area contributed by atoms with E-state index in [9.17, 15) is 4.79 Å². The number of aliphatic hydroxyl groups excluding tert-OH is 1. The summed E-state index contributed by atoms with van der Waals surface area (Å²) in [6.07, 6.45) is 1.70. The fourth-order valence-corrected chi connectivity index (χ4v) is 1.85. The first-order valence-corrected chi connectivity index (χ1v) is 6.55. The minimum absolute atomic E-state index is 0.179. The summed E-state index contributed by atoms with van der Waals surface area (Å²) in [5.41, 5.74) is 1.88. The second-order valence-corrected chi connectivity index (χ2v) is 4.70. The Morgan fingerprint density at radius 2 is 2.25 bits per heavy atom. The van der Waals surface area contributed by atoms with E-state index in [1.807, 2.05) is 6.07 Å². The Hall–Kier alpha value is -2.14. The lowest BCUT2D eigenvalue weighted by atomic mass is 10.1. The van der Waals surface area contributed by atoms with Crippen molar-refractivity contribution in [2.24, 2.45) is 0 Å². The molecule has 0 radical (unpaired) electrons. The van der Waals surface area contributed by atoms with E-state index >= 15 is 0 Å². The van der Waals surface area contributed by atoms with Crippen molar-refractivity contribution in [3.8, 4) is 11.5 Å². The Balaban J connectivity index is 2.08. The molecule has 2 aromatic heterocycles. The van der Waals surface area contributed by atoms with Gasteiger partial charge in [0.15, 0.2) is 5.76 Å². The van der Waals surface area contributed by atoms with Crippen LogP contribution in [0.25, 0.3) is 11.5 Å². The smallest absolute Gasteiger partial charge is 0.253 e. The number of nitrogens with one attached hydrogen (secondary N) is 1. The van der Waals surface area contributed by atoms with E-state index in [2.05, 4.69) is 10.3 Å². The number of pyridine rings is 1. The predicted molar refractivity (Wildman–Crippen MR) is 75.3 cm³/mol. The molecule has 0 spiro atoms. The highest BCUT2D eigenvalue weighted by Crippen LogP contribution is 2.19. The lowest BCUT2D eigenvalue weighted by Gasteiger charge is -2.09. The van der Waals surface area contributed by atoms with Crippen molar-refractivity contribution in [2.45, 2.75) is 26.4 Å². The average molecular weight is 274 g/mol. The number of furan rings is 1. The van der Waals surface area contributed by atoms with Gasteiger partial charge in [0.2, 0.25) is 0 Å². The molecule has 0 saturated heterocycles. The van der Waals surface area contributed by atoms with Crippen LogP contribution < -0.4 is 5.32 Å². The number of amides is 1. The second-order valence-electron chi connectivity index (χ2n) is 4.70.